The summed E-state index contributed by atoms with van der Waals surface area (Å²) in [5.41, 5.74) is 2.46. The largest absolute Gasteiger partial charge is 0.347 e. The fraction of sp³-hybridized carbons (Fsp3) is 0.308. The van der Waals surface area contributed by atoms with Crippen molar-refractivity contribution in [1.29, 1.82) is 0 Å². The number of rotatable bonds is 4. The lowest BCUT2D eigenvalue weighted by atomic mass is 10.1. The molecule has 90 valence electrons. The number of halogens is 1. The van der Waals surface area contributed by atoms with Gasteiger partial charge in [-0.3, -0.25) is 0 Å². The fourth-order valence-electron chi connectivity index (χ4n) is 1.73. The van der Waals surface area contributed by atoms with Crippen molar-refractivity contribution in [3.63, 3.8) is 0 Å². The molecule has 0 saturated carbocycles. The number of imidazole rings is 1. The zero-order valence-electron chi connectivity index (χ0n) is 10.00. The van der Waals surface area contributed by atoms with E-state index in [1.54, 1.807) is 6.20 Å². The van der Waals surface area contributed by atoms with Crippen molar-refractivity contribution in [3.8, 4) is 0 Å². The van der Waals surface area contributed by atoms with E-state index in [9.17, 15) is 0 Å². The first-order chi connectivity index (χ1) is 8.16. The summed E-state index contributed by atoms with van der Waals surface area (Å²) in [7, 11) is 0. The summed E-state index contributed by atoms with van der Waals surface area (Å²) < 4.78 is 0. The summed E-state index contributed by atoms with van der Waals surface area (Å²) in [5.74, 6) is 0.955. The second kappa shape index (κ2) is 5.34. The molecule has 17 heavy (non-hydrogen) atoms. The first kappa shape index (κ1) is 12.1. The van der Waals surface area contributed by atoms with Crippen LogP contribution in [0.1, 0.15) is 29.9 Å². The Balaban J connectivity index is 1.98. The van der Waals surface area contributed by atoms with Crippen LogP contribution >= 0.6 is 11.6 Å². The van der Waals surface area contributed by atoms with Crippen LogP contribution in [0.5, 0.6) is 0 Å². The highest BCUT2D eigenvalue weighted by molar-refractivity contribution is 6.30. The van der Waals surface area contributed by atoms with Gasteiger partial charge in [0.1, 0.15) is 5.82 Å². The molecule has 2 N–H and O–H groups in total. The number of aryl methyl sites for hydroxylation is 1. The third-order valence-corrected chi connectivity index (χ3v) is 3.07. The van der Waals surface area contributed by atoms with Gasteiger partial charge in [-0.2, -0.15) is 0 Å². The molecule has 0 saturated heterocycles. The van der Waals surface area contributed by atoms with Crippen molar-refractivity contribution in [2.75, 3.05) is 0 Å². The van der Waals surface area contributed by atoms with Crippen molar-refractivity contribution >= 4 is 11.6 Å². The number of H-pyrrole nitrogens is 1. The van der Waals surface area contributed by atoms with Crippen LogP contribution in [0, 0.1) is 6.92 Å². The molecule has 1 aromatic heterocycles. The molecule has 2 aromatic rings. The van der Waals surface area contributed by atoms with Gasteiger partial charge in [-0.25, -0.2) is 4.98 Å². The van der Waals surface area contributed by atoms with E-state index in [0.29, 0.717) is 0 Å². The second-order valence-corrected chi connectivity index (χ2v) is 4.58. The molecule has 0 aliphatic heterocycles. The minimum Gasteiger partial charge on any atom is -0.347 e. The fourth-order valence-corrected chi connectivity index (χ4v) is 1.96. The standard InChI is InChI=1S/C13H16ClN3/c1-9-7-12(14)4-3-11(9)8-17-10(2)13-15-5-6-16-13/h3-7,10,17H,8H2,1-2H3,(H,15,16). The molecular weight excluding hydrogens is 234 g/mol. The first-order valence-electron chi connectivity index (χ1n) is 5.64. The van der Waals surface area contributed by atoms with E-state index in [1.165, 1.54) is 11.1 Å². The topological polar surface area (TPSA) is 40.7 Å². The molecule has 1 atom stereocenters. The van der Waals surface area contributed by atoms with E-state index in [-0.39, 0.29) is 6.04 Å². The van der Waals surface area contributed by atoms with Crippen LogP contribution in [-0.4, -0.2) is 9.97 Å². The first-order valence-corrected chi connectivity index (χ1v) is 6.02. The minimum atomic E-state index is 0.208. The van der Waals surface area contributed by atoms with Gasteiger partial charge in [0.25, 0.3) is 0 Å². The summed E-state index contributed by atoms with van der Waals surface area (Å²) in [5, 5.41) is 4.21. The Morgan fingerprint density at radius 1 is 1.47 bits per heavy atom. The van der Waals surface area contributed by atoms with Gasteiger partial charge >= 0.3 is 0 Å². The lowest BCUT2D eigenvalue weighted by Crippen LogP contribution is -2.19. The number of hydrogen-bond donors (Lipinski definition) is 2. The lowest BCUT2D eigenvalue weighted by molar-refractivity contribution is 0.550. The van der Waals surface area contributed by atoms with Crippen LogP contribution in [-0.2, 0) is 6.54 Å². The van der Waals surface area contributed by atoms with E-state index in [4.69, 9.17) is 11.6 Å². The monoisotopic (exact) mass is 249 g/mol. The van der Waals surface area contributed by atoms with Crippen molar-refractivity contribution in [2.45, 2.75) is 26.4 Å². The zero-order valence-corrected chi connectivity index (χ0v) is 10.8. The normalized spacial score (nSPS) is 12.6. The minimum absolute atomic E-state index is 0.208. The van der Waals surface area contributed by atoms with Gasteiger partial charge in [0.05, 0.1) is 6.04 Å². The molecule has 0 fully saturated rings. The number of hydrogen-bond acceptors (Lipinski definition) is 2. The molecule has 1 unspecified atom stereocenters. The maximum absolute atomic E-state index is 5.93. The van der Waals surface area contributed by atoms with Crippen LogP contribution in [0.2, 0.25) is 5.02 Å². The highest BCUT2D eigenvalue weighted by Gasteiger charge is 2.07. The van der Waals surface area contributed by atoms with Crippen LogP contribution in [0.15, 0.2) is 30.6 Å². The van der Waals surface area contributed by atoms with Crippen molar-refractivity contribution < 1.29 is 0 Å². The summed E-state index contributed by atoms with van der Waals surface area (Å²) in [4.78, 5) is 7.33. The quantitative estimate of drug-likeness (QED) is 0.874. The molecule has 0 aliphatic rings. The van der Waals surface area contributed by atoms with Gasteiger partial charge in [0.2, 0.25) is 0 Å². The molecule has 0 bridgehead atoms. The Morgan fingerprint density at radius 2 is 2.29 bits per heavy atom. The van der Waals surface area contributed by atoms with Gasteiger partial charge in [-0.1, -0.05) is 17.7 Å². The molecule has 0 radical (unpaired) electrons. The highest BCUT2D eigenvalue weighted by Crippen LogP contribution is 2.16. The van der Waals surface area contributed by atoms with Crippen molar-refractivity contribution in [1.82, 2.24) is 15.3 Å². The van der Waals surface area contributed by atoms with Crippen LogP contribution in [0.25, 0.3) is 0 Å². The van der Waals surface area contributed by atoms with Crippen LogP contribution < -0.4 is 5.32 Å². The predicted octanol–water partition coefficient (Wildman–Crippen LogP) is 3.22. The molecule has 0 spiro atoms. The SMILES string of the molecule is Cc1cc(Cl)ccc1CNC(C)c1ncc[nH]1. The summed E-state index contributed by atoms with van der Waals surface area (Å²) in [6.45, 7) is 4.97. The van der Waals surface area contributed by atoms with Gasteiger partial charge in [0.15, 0.2) is 0 Å². The van der Waals surface area contributed by atoms with E-state index >= 15 is 0 Å². The third kappa shape index (κ3) is 3.08. The lowest BCUT2D eigenvalue weighted by Gasteiger charge is -2.13. The van der Waals surface area contributed by atoms with Crippen molar-refractivity contribution in [3.05, 3.63) is 52.6 Å². The Hall–Kier alpha value is -1.32. The van der Waals surface area contributed by atoms with Gasteiger partial charge in [-0.05, 0) is 37.1 Å². The van der Waals surface area contributed by atoms with Crippen LogP contribution in [0.4, 0.5) is 0 Å². The molecular formula is C13H16ClN3. The molecule has 0 aliphatic carbocycles. The number of benzene rings is 1. The smallest absolute Gasteiger partial charge is 0.122 e. The summed E-state index contributed by atoms with van der Waals surface area (Å²) in [6.07, 6.45) is 3.60. The van der Waals surface area contributed by atoms with E-state index in [0.717, 1.165) is 17.4 Å². The van der Waals surface area contributed by atoms with Crippen molar-refractivity contribution in [2.24, 2.45) is 0 Å². The number of nitrogens with one attached hydrogen (secondary N) is 2. The average molecular weight is 250 g/mol. The maximum atomic E-state index is 5.93. The Bertz CT molecular complexity index is 479. The summed E-state index contributed by atoms with van der Waals surface area (Å²) >= 11 is 5.93. The van der Waals surface area contributed by atoms with Gasteiger partial charge < -0.3 is 10.3 Å². The van der Waals surface area contributed by atoms with Gasteiger partial charge in [-0.15, -0.1) is 0 Å². The summed E-state index contributed by atoms with van der Waals surface area (Å²) in [6, 6.07) is 6.17. The second-order valence-electron chi connectivity index (χ2n) is 4.15. The van der Waals surface area contributed by atoms with E-state index in [1.807, 2.05) is 18.3 Å². The molecule has 1 aromatic carbocycles. The zero-order chi connectivity index (χ0) is 12.3. The number of nitrogens with zero attached hydrogens (tertiary/aromatic N) is 1. The number of aromatic nitrogens is 2. The predicted molar refractivity (Wildman–Crippen MR) is 70.0 cm³/mol. The number of aromatic amines is 1. The molecule has 3 nitrogen and oxygen atoms in total. The van der Waals surface area contributed by atoms with Crippen LogP contribution in [0.3, 0.4) is 0 Å². The average Bonchev–Trinajstić information content (AvgIpc) is 2.81. The Morgan fingerprint density at radius 3 is 2.94 bits per heavy atom. The third-order valence-electron chi connectivity index (χ3n) is 2.83. The molecule has 1 heterocycles. The Labute approximate surface area is 106 Å². The molecule has 0 amide bonds. The highest BCUT2D eigenvalue weighted by atomic mass is 35.5. The van der Waals surface area contributed by atoms with E-state index < -0.39 is 0 Å². The van der Waals surface area contributed by atoms with Gasteiger partial charge in [0, 0.05) is 24.0 Å². The molecule has 2 rings (SSSR count). The maximum Gasteiger partial charge on any atom is 0.122 e. The Kier molecular flexibility index (Phi) is 3.82. The van der Waals surface area contributed by atoms with E-state index in [2.05, 4.69) is 35.2 Å². The molecule has 4 heteroatoms.